The van der Waals surface area contributed by atoms with E-state index in [0.717, 1.165) is 10.9 Å². The van der Waals surface area contributed by atoms with Crippen molar-refractivity contribution in [3.05, 3.63) is 45.1 Å². The van der Waals surface area contributed by atoms with Crippen LogP contribution >= 0.6 is 11.3 Å². The molecule has 1 aromatic heterocycles. The molecule has 1 heterocycles. The van der Waals surface area contributed by atoms with Crippen molar-refractivity contribution in [1.82, 2.24) is 0 Å². The van der Waals surface area contributed by atoms with Crippen LogP contribution in [0.2, 0.25) is 0 Å². The van der Waals surface area contributed by atoms with Gasteiger partial charge < -0.3 is 5.73 Å². The van der Waals surface area contributed by atoms with Crippen LogP contribution in [0.25, 0.3) is 11.1 Å². The summed E-state index contributed by atoms with van der Waals surface area (Å²) in [5.74, 6) is -0.843. The van der Waals surface area contributed by atoms with Gasteiger partial charge in [-0.05, 0) is 24.6 Å². The Labute approximate surface area is 101 Å². The predicted molar refractivity (Wildman–Crippen MR) is 65.5 cm³/mol. The second-order valence-electron chi connectivity index (χ2n) is 3.56. The summed E-state index contributed by atoms with van der Waals surface area (Å²) in [6.45, 7) is 1.89. The van der Waals surface area contributed by atoms with Gasteiger partial charge in [0, 0.05) is 16.5 Å². The Morgan fingerprint density at radius 1 is 1.41 bits per heavy atom. The zero-order valence-electron chi connectivity index (χ0n) is 8.94. The average Bonchev–Trinajstić information content (AvgIpc) is 2.58. The highest BCUT2D eigenvalue weighted by atomic mass is 32.1. The van der Waals surface area contributed by atoms with E-state index in [1.54, 1.807) is 0 Å². The maximum atomic E-state index is 13.2. The molecule has 6 heteroatoms. The molecule has 0 saturated carbocycles. The summed E-state index contributed by atoms with van der Waals surface area (Å²) in [4.78, 5) is 10.9. The van der Waals surface area contributed by atoms with Gasteiger partial charge in [0.15, 0.2) is 0 Å². The summed E-state index contributed by atoms with van der Waals surface area (Å²) in [5.41, 5.74) is 6.52. The van der Waals surface area contributed by atoms with Crippen LogP contribution in [0.3, 0.4) is 0 Å². The van der Waals surface area contributed by atoms with Gasteiger partial charge in [-0.1, -0.05) is 6.07 Å². The Hall–Kier alpha value is -1.95. The minimum atomic E-state index is -0.843. The number of aryl methyl sites for hydroxylation is 1. The number of nitrogen functional groups attached to an aromatic ring is 1. The molecule has 4 nitrogen and oxygen atoms in total. The van der Waals surface area contributed by atoms with E-state index < -0.39 is 16.4 Å². The van der Waals surface area contributed by atoms with E-state index in [1.165, 1.54) is 23.5 Å². The maximum absolute atomic E-state index is 13.2. The first-order chi connectivity index (χ1) is 7.99. The van der Waals surface area contributed by atoms with Crippen molar-refractivity contribution in [3.63, 3.8) is 0 Å². The third-order valence-electron chi connectivity index (χ3n) is 2.34. The molecule has 0 aliphatic carbocycles. The molecule has 17 heavy (non-hydrogen) atoms. The number of nitro benzene ring substituents is 1. The summed E-state index contributed by atoms with van der Waals surface area (Å²) < 4.78 is 13.2. The quantitative estimate of drug-likeness (QED) is 0.658. The zero-order chi connectivity index (χ0) is 12.6. The fraction of sp³-hybridized carbons (Fsp3) is 0.0909. The summed E-state index contributed by atoms with van der Waals surface area (Å²) >= 11 is 1.40. The van der Waals surface area contributed by atoms with E-state index in [2.05, 4.69) is 0 Å². The van der Waals surface area contributed by atoms with Gasteiger partial charge in [0.25, 0.3) is 0 Å². The summed E-state index contributed by atoms with van der Waals surface area (Å²) in [6, 6.07) is 5.60. The highest BCUT2D eigenvalue weighted by Gasteiger charge is 2.16. The van der Waals surface area contributed by atoms with Gasteiger partial charge >= 0.3 is 5.69 Å². The SMILES string of the molecule is Cc1cc(-c2ccc(F)c([N+](=O)[O-])c2)c(N)s1. The topological polar surface area (TPSA) is 69.2 Å². The molecule has 0 fully saturated rings. The third kappa shape index (κ3) is 2.12. The molecule has 0 radical (unpaired) electrons. The minimum Gasteiger partial charge on any atom is -0.390 e. The Morgan fingerprint density at radius 3 is 2.65 bits per heavy atom. The number of halogens is 1. The second-order valence-corrected chi connectivity index (χ2v) is 4.85. The number of anilines is 1. The third-order valence-corrected chi connectivity index (χ3v) is 3.22. The Kier molecular flexibility index (Phi) is 2.81. The molecule has 0 bridgehead atoms. The van der Waals surface area contributed by atoms with Crippen LogP contribution in [0.5, 0.6) is 0 Å². The van der Waals surface area contributed by atoms with E-state index in [1.807, 2.05) is 13.0 Å². The van der Waals surface area contributed by atoms with Crippen molar-refractivity contribution in [3.8, 4) is 11.1 Å². The number of hydrogen-bond donors (Lipinski definition) is 1. The average molecular weight is 252 g/mol. The lowest BCUT2D eigenvalue weighted by Crippen LogP contribution is -1.93. The van der Waals surface area contributed by atoms with Gasteiger partial charge in [0.1, 0.15) is 0 Å². The van der Waals surface area contributed by atoms with Crippen molar-refractivity contribution in [2.45, 2.75) is 6.92 Å². The first-order valence-electron chi connectivity index (χ1n) is 4.79. The first kappa shape index (κ1) is 11.5. The lowest BCUT2D eigenvalue weighted by molar-refractivity contribution is -0.387. The second kappa shape index (κ2) is 4.14. The number of hydrogen-bond acceptors (Lipinski definition) is 4. The van der Waals surface area contributed by atoms with Gasteiger partial charge in [0.2, 0.25) is 5.82 Å². The molecule has 0 saturated heterocycles. The molecule has 2 aromatic rings. The summed E-state index contributed by atoms with van der Waals surface area (Å²) in [7, 11) is 0. The predicted octanol–water partition coefficient (Wildman–Crippen LogP) is 3.35. The van der Waals surface area contributed by atoms with Crippen molar-refractivity contribution < 1.29 is 9.31 Å². The number of rotatable bonds is 2. The normalized spacial score (nSPS) is 10.5. The van der Waals surface area contributed by atoms with Crippen LogP contribution in [0.1, 0.15) is 4.88 Å². The fourth-order valence-electron chi connectivity index (χ4n) is 1.58. The highest BCUT2D eigenvalue weighted by molar-refractivity contribution is 7.16. The standard InChI is InChI=1S/C11H9FN2O2S/c1-6-4-8(11(13)17-6)7-2-3-9(12)10(5-7)14(15)16/h2-5H,13H2,1H3. The van der Waals surface area contributed by atoms with Crippen molar-refractivity contribution >= 4 is 22.0 Å². The largest absolute Gasteiger partial charge is 0.390 e. The number of thiophene rings is 1. The summed E-state index contributed by atoms with van der Waals surface area (Å²) in [6.07, 6.45) is 0. The van der Waals surface area contributed by atoms with Crippen LogP contribution in [-0.4, -0.2) is 4.92 Å². The minimum absolute atomic E-state index is 0.536. The van der Waals surface area contributed by atoms with Crippen molar-refractivity contribution in [1.29, 1.82) is 0 Å². The maximum Gasteiger partial charge on any atom is 0.305 e. The van der Waals surface area contributed by atoms with E-state index in [-0.39, 0.29) is 0 Å². The van der Waals surface area contributed by atoms with Crippen LogP contribution in [-0.2, 0) is 0 Å². The number of nitrogens with zero attached hydrogens (tertiary/aromatic N) is 1. The van der Waals surface area contributed by atoms with E-state index in [9.17, 15) is 14.5 Å². The fourth-order valence-corrected chi connectivity index (χ4v) is 2.39. The van der Waals surface area contributed by atoms with Gasteiger partial charge in [-0.15, -0.1) is 11.3 Å². The molecule has 2 rings (SSSR count). The number of benzene rings is 1. The molecule has 0 aliphatic rings. The van der Waals surface area contributed by atoms with Gasteiger partial charge in [-0.25, -0.2) is 0 Å². The van der Waals surface area contributed by atoms with Crippen molar-refractivity contribution in [2.75, 3.05) is 5.73 Å². The van der Waals surface area contributed by atoms with E-state index in [4.69, 9.17) is 5.73 Å². The molecular weight excluding hydrogens is 243 g/mol. The van der Waals surface area contributed by atoms with Gasteiger partial charge in [-0.3, -0.25) is 10.1 Å². The summed E-state index contributed by atoms with van der Waals surface area (Å²) in [5, 5.41) is 11.2. The lowest BCUT2D eigenvalue weighted by Gasteiger charge is -2.00. The molecular formula is C11H9FN2O2S. The Morgan fingerprint density at radius 2 is 2.12 bits per heavy atom. The molecule has 0 unspecified atom stereocenters. The molecule has 2 N–H and O–H groups in total. The Bertz CT molecular complexity index is 595. The van der Waals surface area contributed by atoms with Crippen LogP contribution in [0.4, 0.5) is 15.1 Å². The van der Waals surface area contributed by atoms with E-state index in [0.29, 0.717) is 16.1 Å². The lowest BCUT2D eigenvalue weighted by atomic mass is 10.1. The Balaban J connectivity index is 2.57. The van der Waals surface area contributed by atoms with Crippen LogP contribution < -0.4 is 5.73 Å². The number of nitrogens with two attached hydrogens (primary N) is 1. The first-order valence-corrected chi connectivity index (χ1v) is 5.61. The van der Waals surface area contributed by atoms with Crippen LogP contribution in [0, 0.1) is 22.9 Å². The van der Waals surface area contributed by atoms with Gasteiger partial charge in [-0.2, -0.15) is 4.39 Å². The molecule has 0 aliphatic heterocycles. The smallest absolute Gasteiger partial charge is 0.305 e. The highest BCUT2D eigenvalue weighted by Crippen LogP contribution is 2.35. The molecule has 0 spiro atoms. The van der Waals surface area contributed by atoms with Crippen molar-refractivity contribution in [2.24, 2.45) is 0 Å². The van der Waals surface area contributed by atoms with E-state index >= 15 is 0 Å². The molecule has 1 aromatic carbocycles. The molecule has 0 atom stereocenters. The molecule has 88 valence electrons. The monoisotopic (exact) mass is 252 g/mol. The van der Waals surface area contributed by atoms with Gasteiger partial charge in [0.05, 0.1) is 9.92 Å². The number of nitro groups is 1. The molecule has 0 amide bonds. The zero-order valence-corrected chi connectivity index (χ0v) is 9.75. The van der Waals surface area contributed by atoms with Crippen LogP contribution in [0.15, 0.2) is 24.3 Å².